The van der Waals surface area contributed by atoms with Crippen molar-refractivity contribution >= 4 is 5.78 Å². The summed E-state index contributed by atoms with van der Waals surface area (Å²) in [7, 11) is 0. The van der Waals surface area contributed by atoms with E-state index in [0.717, 1.165) is 6.42 Å². The summed E-state index contributed by atoms with van der Waals surface area (Å²) in [5.74, 6) is 2.99. The molecule has 0 aromatic carbocycles. The molecule has 0 amide bonds. The van der Waals surface area contributed by atoms with Gasteiger partial charge in [-0.05, 0) is 67.1 Å². The average molecular weight is 272 g/mol. The molecule has 0 bridgehead atoms. The number of hydrogen-bond donors (Lipinski definition) is 0. The molecule has 3 fully saturated rings. The van der Waals surface area contributed by atoms with Crippen molar-refractivity contribution in [1.29, 1.82) is 0 Å². The number of rotatable bonds is 0. The van der Waals surface area contributed by atoms with Crippen molar-refractivity contribution < 1.29 is 4.79 Å². The molecule has 0 saturated heterocycles. The molecule has 20 heavy (non-hydrogen) atoms. The van der Waals surface area contributed by atoms with E-state index in [4.69, 9.17) is 0 Å². The van der Waals surface area contributed by atoms with Crippen LogP contribution in [0.1, 0.15) is 65.2 Å². The van der Waals surface area contributed by atoms with Crippen LogP contribution in [-0.4, -0.2) is 5.78 Å². The zero-order valence-electron chi connectivity index (χ0n) is 13.0. The normalized spacial score (nSPS) is 54.2. The summed E-state index contributed by atoms with van der Waals surface area (Å²) in [5.41, 5.74) is 0.805. The predicted molar refractivity (Wildman–Crippen MR) is 81.3 cm³/mol. The van der Waals surface area contributed by atoms with Gasteiger partial charge in [-0.2, -0.15) is 0 Å². The van der Waals surface area contributed by atoms with Gasteiger partial charge < -0.3 is 0 Å². The maximum Gasteiger partial charge on any atom is 0.136 e. The Morgan fingerprint density at radius 2 is 1.95 bits per heavy atom. The van der Waals surface area contributed by atoms with E-state index >= 15 is 0 Å². The minimum atomic E-state index is 0.320. The van der Waals surface area contributed by atoms with Gasteiger partial charge in [-0.25, -0.2) is 0 Å². The molecule has 4 aliphatic carbocycles. The minimum absolute atomic E-state index is 0.320. The highest BCUT2D eigenvalue weighted by molar-refractivity contribution is 5.83. The second-order valence-electron chi connectivity index (χ2n) is 8.54. The Balaban J connectivity index is 1.74. The fourth-order valence-electron chi connectivity index (χ4n) is 6.48. The summed E-state index contributed by atoms with van der Waals surface area (Å²) < 4.78 is 0. The van der Waals surface area contributed by atoms with Crippen LogP contribution in [0.25, 0.3) is 0 Å². The van der Waals surface area contributed by atoms with Gasteiger partial charge in [-0.3, -0.25) is 4.79 Å². The van der Waals surface area contributed by atoms with E-state index in [1.807, 2.05) is 0 Å². The van der Waals surface area contributed by atoms with Crippen molar-refractivity contribution in [3.05, 3.63) is 12.2 Å². The van der Waals surface area contributed by atoms with Crippen LogP contribution in [0.4, 0.5) is 0 Å². The summed E-state index contributed by atoms with van der Waals surface area (Å²) in [4.78, 5) is 12.9. The van der Waals surface area contributed by atoms with Gasteiger partial charge in [0, 0.05) is 12.3 Å². The standard InChI is InChI=1S/C19H28O/c1-18-9-5-7-14(18)17-15(8-11-18)19(2)10-4-3-6-13(19)12-16(17)20/h4,10,13-15,17H,3,5-9,11-12H2,1-2H3/t13?,14-,15-,17-,18-,19-/m0/s1. The van der Waals surface area contributed by atoms with Crippen molar-refractivity contribution in [2.75, 3.05) is 0 Å². The molecule has 0 aromatic rings. The van der Waals surface area contributed by atoms with Crippen LogP contribution in [-0.2, 0) is 4.79 Å². The summed E-state index contributed by atoms with van der Waals surface area (Å²) in [6.07, 6.45) is 14.9. The van der Waals surface area contributed by atoms with Gasteiger partial charge in [-0.1, -0.05) is 32.4 Å². The van der Waals surface area contributed by atoms with E-state index < -0.39 is 0 Å². The third-order valence-corrected chi connectivity index (χ3v) is 7.71. The van der Waals surface area contributed by atoms with Crippen LogP contribution in [0.5, 0.6) is 0 Å². The third-order valence-electron chi connectivity index (χ3n) is 7.71. The van der Waals surface area contributed by atoms with Gasteiger partial charge in [0.05, 0.1) is 0 Å². The van der Waals surface area contributed by atoms with Crippen molar-refractivity contribution in [2.24, 2.45) is 34.5 Å². The van der Waals surface area contributed by atoms with E-state index in [0.29, 0.717) is 40.3 Å². The molecule has 4 rings (SSSR count). The molecule has 1 unspecified atom stereocenters. The van der Waals surface area contributed by atoms with E-state index in [1.165, 1.54) is 44.9 Å². The Hall–Kier alpha value is -0.590. The first-order chi connectivity index (χ1) is 9.55. The largest absolute Gasteiger partial charge is 0.299 e. The summed E-state index contributed by atoms with van der Waals surface area (Å²) in [5, 5.41) is 0. The lowest BCUT2D eigenvalue weighted by atomic mass is 9.46. The smallest absolute Gasteiger partial charge is 0.136 e. The van der Waals surface area contributed by atoms with E-state index in [9.17, 15) is 4.79 Å². The van der Waals surface area contributed by atoms with E-state index in [-0.39, 0.29) is 0 Å². The van der Waals surface area contributed by atoms with Crippen LogP contribution in [0, 0.1) is 34.5 Å². The lowest BCUT2D eigenvalue weighted by Crippen LogP contribution is -2.54. The quantitative estimate of drug-likeness (QED) is 0.581. The predicted octanol–water partition coefficient (Wildman–Crippen LogP) is 4.76. The van der Waals surface area contributed by atoms with Crippen molar-refractivity contribution in [2.45, 2.75) is 65.2 Å². The lowest BCUT2D eigenvalue weighted by molar-refractivity contribution is -0.146. The summed E-state index contributed by atoms with van der Waals surface area (Å²) in [6.45, 7) is 4.94. The number of Topliss-reactive ketones (excluding diaryl/α,β-unsaturated/α-hetero) is 1. The van der Waals surface area contributed by atoms with Gasteiger partial charge in [0.1, 0.15) is 5.78 Å². The van der Waals surface area contributed by atoms with E-state index in [1.54, 1.807) is 0 Å². The number of carbonyl (C=O) groups excluding carboxylic acids is 1. The van der Waals surface area contributed by atoms with Crippen molar-refractivity contribution in [3.8, 4) is 0 Å². The first-order valence-corrected chi connectivity index (χ1v) is 8.75. The highest BCUT2D eigenvalue weighted by atomic mass is 16.1. The molecule has 6 atom stereocenters. The molecule has 1 nitrogen and oxygen atoms in total. The monoisotopic (exact) mass is 272 g/mol. The molecule has 0 spiro atoms. The molecule has 0 aliphatic heterocycles. The average Bonchev–Trinajstić information content (AvgIpc) is 2.81. The van der Waals surface area contributed by atoms with Crippen LogP contribution < -0.4 is 0 Å². The topological polar surface area (TPSA) is 17.1 Å². The Morgan fingerprint density at radius 3 is 2.80 bits per heavy atom. The molecule has 110 valence electrons. The lowest BCUT2D eigenvalue weighted by Gasteiger charge is -2.57. The maximum atomic E-state index is 12.9. The molecule has 3 saturated carbocycles. The molecular formula is C19H28O. The second kappa shape index (κ2) is 4.21. The van der Waals surface area contributed by atoms with Crippen LogP contribution >= 0.6 is 0 Å². The highest BCUT2D eigenvalue weighted by Crippen LogP contribution is 2.64. The van der Waals surface area contributed by atoms with Crippen molar-refractivity contribution in [1.82, 2.24) is 0 Å². The fraction of sp³-hybridized carbons (Fsp3) is 0.842. The Morgan fingerprint density at radius 1 is 1.10 bits per heavy atom. The first-order valence-electron chi connectivity index (χ1n) is 8.75. The Labute approximate surface area is 123 Å². The number of hydrogen-bond acceptors (Lipinski definition) is 1. The zero-order valence-corrected chi connectivity index (χ0v) is 13.0. The van der Waals surface area contributed by atoms with Crippen LogP contribution in [0.15, 0.2) is 12.2 Å². The summed E-state index contributed by atoms with van der Waals surface area (Å²) >= 11 is 0. The second-order valence-corrected chi connectivity index (χ2v) is 8.54. The van der Waals surface area contributed by atoms with Gasteiger partial charge >= 0.3 is 0 Å². The SMILES string of the molecule is C[C@@]12CCC[C@H]1[C@@H]1C(=O)CC3CCC=C[C@]3(C)[C@H]1CC2. The van der Waals surface area contributed by atoms with Gasteiger partial charge in [-0.15, -0.1) is 0 Å². The van der Waals surface area contributed by atoms with Gasteiger partial charge in [0.25, 0.3) is 0 Å². The minimum Gasteiger partial charge on any atom is -0.299 e. The van der Waals surface area contributed by atoms with E-state index in [2.05, 4.69) is 26.0 Å². The Kier molecular flexibility index (Phi) is 2.76. The molecule has 0 N–H and O–H groups in total. The van der Waals surface area contributed by atoms with Crippen LogP contribution in [0.2, 0.25) is 0 Å². The third kappa shape index (κ3) is 1.58. The molecule has 1 heteroatoms. The zero-order chi connectivity index (χ0) is 14.0. The maximum absolute atomic E-state index is 12.9. The summed E-state index contributed by atoms with van der Waals surface area (Å²) in [6, 6.07) is 0. The first kappa shape index (κ1) is 13.1. The molecule has 0 heterocycles. The number of fused-ring (bicyclic) bond motifs is 5. The number of carbonyl (C=O) groups is 1. The molecule has 0 aromatic heterocycles. The van der Waals surface area contributed by atoms with Crippen LogP contribution in [0.3, 0.4) is 0 Å². The number of allylic oxidation sites excluding steroid dienone is 2. The Bertz CT molecular complexity index is 464. The molecule has 0 radical (unpaired) electrons. The molecular weight excluding hydrogens is 244 g/mol. The van der Waals surface area contributed by atoms with Gasteiger partial charge in [0.15, 0.2) is 0 Å². The highest BCUT2D eigenvalue weighted by Gasteiger charge is 2.59. The number of ketones is 1. The fourth-order valence-corrected chi connectivity index (χ4v) is 6.48. The molecule has 4 aliphatic rings. The van der Waals surface area contributed by atoms with Crippen molar-refractivity contribution in [3.63, 3.8) is 0 Å². The van der Waals surface area contributed by atoms with Gasteiger partial charge in [0.2, 0.25) is 0 Å².